The van der Waals surface area contributed by atoms with Crippen molar-refractivity contribution in [2.45, 2.75) is 25.6 Å². The fraction of sp³-hybridized carbons (Fsp3) is 0.500. The number of aliphatic hydroxyl groups excluding tert-OH is 2. The molecule has 94 valence electrons. The van der Waals surface area contributed by atoms with E-state index in [4.69, 9.17) is 11.6 Å². The lowest BCUT2D eigenvalue weighted by atomic mass is 10.1. The van der Waals surface area contributed by atoms with Gasteiger partial charge in [-0.1, -0.05) is 11.6 Å². The molecule has 0 aliphatic rings. The van der Waals surface area contributed by atoms with Crippen LogP contribution < -0.4 is 0 Å². The highest BCUT2D eigenvalue weighted by Gasteiger charge is 2.23. The minimum absolute atomic E-state index is 0.145. The van der Waals surface area contributed by atoms with E-state index in [1.54, 1.807) is 6.92 Å². The number of halogens is 1. The summed E-state index contributed by atoms with van der Waals surface area (Å²) in [5.74, 6) is -0.582. The Labute approximate surface area is 103 Å². The smallest absolute Gasteiger partial charge is 0.308 e. The molecule has 1 aromatic rings. The molecule has 0 saturated carbocycles. The van der Waals surface area contributed by atoms with Crippen molar-refractivity contribution >= 4 is 17.6 Å². The van der Waals surface area contributed by atoms with Crippen LogP contribution in [-0.2, 0) is 9.53 Å². The van der Waals surface area contributed by atoms with E-state index in [1.807, 2.05) is 0 Å². The number of nitrogens with zero attached hydrogens (tertiary/aromatic N) is 2. The minimum Gasteiger partial charge on any atom is -0.466 e. The molecule has 7 heteroatoms. The number of aliphatic hydroxyl groups is 2. The molecule has 0 aliphatic carbocycles. The second-order valence-corrected chi connectivity index (χ2v) is 3.69. The molecular formula is C10H13ClN2O4. The first kappa shape index (κ1) is 13.8. The second kappa shape index (κ2) is 6.48. The Balaban J connectivity index is 2.60. The van der Waals surface area contributed by atoms with Crippen molar-refractivity contribution in [3.63, 3.8) is 0 Å². The highest BCUT2D eigenvalue weighted by Crippen LogP contribution is 2.17. The van der Waals surface area contributed by atoms with Gasteiger partial charge in [-0.05, 0) is 19.1 Å². The van der Waals surface area contributed by atoms with Crippen molar-refractivity contribution in [3.8, 4) is 0 Å². The van der Waals surface area contributed by atoms with Crippen LogP contribution in [-0.4, -0.2) is 39.1 Å². The number of ether oxygens (including phenoxy) is 1. The molecule has 1 rings (SSSR count). The van der Waals surface area contributed by atoms with Crippen molar-refractivity contribution in [2.24, 2.45) is 0 Å². The Hall–Kier alpha value is -1.24. The molecule has 0 saturated heterocycles. The van der Waals surface area contributed by atoms with E-state index in [9.17, 15) is 15.0 Å². The standard InChI is InChI=1S/C10H13ClN2O4/c1-2-17-9(15)5-7(14)10(16)6-3-4-8(11)13-12-6/h3-4,7,10,14,16H,2,5H2,1H3. The fourth-order valence-electron chi connectivity index (χ4n) is 1.18. The number of carbonyl (C=O) groups excluding carboxylic acids is 1. The number of rotatable bonds is 5. The minimum atomic E-state index is -1.30. The third-order valence-corrected chi connectivity index (χ3v) is 2.20. The summed E-state index contributed by atoms with van der Waals surface area (Å²) >= 11 is 5.53. The molecule has 0 amide bonds. The summed E-state index contributed by atoms with van der Waals surface area (Å²) < 4.78 is 4.65. The summed E-state index contributed by atoms with van der Waals surface area (Å²) in [6.45, 7) is 1.88. The van der Waals surface area contributed by atoms with Crippen molar-refractivity contribution in [1.82, 2.24) is 10.2 Å². The molecule has 1 aromatic heterocycles. The van der Waals surface area contributed by atoms with Crippen molar-refractivity contribution in [2.75, 3.05) is 6.61 Å². The zero-order valence-corrected chi connectivity index (χ0v) is 9.96. The lowest BCUT2D eigenvalue weighted by molar-refractivity contribution is -0.147. The molecule has 0 spiro atoms. The van der Waals surface area contributed by atoms with Crippen LogP contribution in [0, 0.1) is 0 Å². The van der Waals surface area contributed by atoms with Crippen molar-refractivity contribution in [3.05, 3.63) is 23.0 Å². The Morgan fingerprint density at radius 1 is 1.47 bits per heavy atom. The summed E-state index contributed by atoms with van der Waals surface area (Å²) in [7, 11) is 0. The summed E-state index contributed by atoms with van der Waals surface area (Å²) in [6, 6.07) is 2.86. The Morgan fingerprint density at radius 2 is 2.18 bits per heavy atom. The first-order valence-corrected chi connectivity index (χ1v) is 5.43. The largest absolute Gasteiger partial charge is 0.466 e. The number of hydrogen-bond donors (Lipinski definition) is 2. The van der Waals surface area contributed by atoms with Crippen LogP contribution in [0.3, 0.4) is 0 Å². The Morgan fingerprint density at radius 3 is 2.71 bits per heavy atom. The molecule has 17 heavy (non-hydrogen) atoms. The van der Waals surface area contributed by atoms with Crippen LogP contribution >= 0.6 is 11.6 Å². The molecule has 1 heterocycles. The van der Waals surface area contributed by atoms with Crippen LogP contribution in [0.25, 0.3) is 0 Å². The Bertz CT molecular complexity index is 371. The first-order valence-electron chi connectivity index (χ1n) is 5.05. The molecule has 0 bridgehead atoms. The maximum atomic E-state index is 11.1. The quantitative estimate of drug-likeness (QED) is 0.748. The Kier molecular flexibility index (Phi) is 5.27. The maximum absolute atomic E-state index is 11.1. The van der Waals surface area contributed by atoms with Crippen LogP contribution in [0.2, 0.25) is 5.15 Å². The van der Waals surface area contributed by atoms with E-state index in [1.165, 1.54) is 12.1 Å². The van der Waals surface area contributed by atoms with Gasteiger partial charge < -0.3 is 14.9 Å². The number of carbonyl (C=O) groups is 1. The van der Waals surface area contributed by atoms with E-state index < -0.39 is 18.2 Å². The van der Waals surface area contributed by atoms with Crippen LogP contribution in [0.5, 0.6) is 0 Å². The highest BCUT2D eigenvalue weighted by molar-refractivity contribution is 6.29. The fourth-order valence-corrected chi connectivity index (χ4v) is 1.28. The number of hydrogen-bond acceptors (Lipinski definition) is 6. The molecule has 0 radical (unpaired) electrons. The summed E-state index contributed by atoms with van der Waals surface area (Å²) in [4.78, 5) is 11.1. The molecule has 2 N–H and O–H groups in total. The second-order valence-electron chi connectivity index (χ2n) is 3.30. The molecule has 0 fully saturated rings. The van der Waals surface area contributed by atoms with E-state index in [0.29, 0.717) is 0 Å². The van der Waals surface area contributed by atoms with Gasteiger partial charge >= 0.3 is 5.97 Å². The average Bonchev–Trinajstić information content (AvgIpc) is 2.29. The zero-order valence-electron chi connectivity index (χ0n) is 9.21. The third-order valence-electron chi connectivity index (χ3n) is 2.00. The number of aromatic nitrogens is 2. The SMILES string of the molecule is CCOC(=O)CC(O)C(O)c1ccc(Cl)nn1. The molecule has 0 aromatic carbocycles. The summed E-state index contributed by atoms with van der Waals surface area (Å²) in [5.41, 5.74) is 0.145. The van der Waals surface area contributed by atoms with Crippen LogP contribution in [0.15, 0.2) is 12.1 Å². The molecule has 2 atom stereocenters. The van der Waals surface area contributed by atoms with Gasteiger partial charge in [-0.3, -0.25) is 4.79 Å². The third kappa shape index (κ3) is 4.26. The molecular weight excluding hydrogens is 248 g/mol. The zero-order chi connectivity index (χ0) is 12.8. The number of esters is 1. The first-order chi connectivity index (χ1) is 8.04. The van der Waals surface area contributed by atoms with E-state index in [-0.39, 0.29) is 23.9 Å². The van der Waals surface area contributed by atoms with Gasteiger partial charge in [0, 0.05) is 0 Å². The van der Waals surface area contributed by atoms with Crippen molar-refractivity contribution < 1.29 is 19.7 Å². The van der Waals surface area contributed by atoms with Crippen LogP contribution in [0.1, 0.15) is 25.1 Å². The van der Waals surface area contributed by atoms with Gasteiger partial charge in [-0.2, -0.15) is 5.10 Å². The van der Waals surface area contributed by atoms with E-state index >= 15 is 0 Å². The van der Waals surface area contributed by atoms with Gasteiger partial charge in [0.15, 0.2) is 5.15 Å². The summed E-state index contributed by atoms with van der Waals surface area (Å²) in [5, 5.41) is 26.6. The molecule has 0 aliphatic heterocycles. The summed E-state index contributed by atoms with van der Waals surface area (Å²) in [6.07, 6.45) is -2.90. The van der Waals surface area contributed by atoms with Crippen LogP contribution in [0.4, 0.5) is 0 Å². The maximum Gasteiger partial charge on any atom is 0.308 e. The lowest BCUT2D eigenvalue weighted by Crippen LogP contribution is -2.24. The predicted molar refractivity (Wildman–Crippen MR) is 59.3 cm³/mol. The molecule has 6 nitrogen and oxygen atoms in total. The van der Waals surface area contributed by atoms with Gasteiger partial charge in [0.1, 0.15) is 6.10 Å². The van der Waals surface area contributed by atoms with Gasteiger partial charge in [0.05, 0.1) is 24.8 Å². The molecule has 2 unspecified atom stereocenters. The van der Waals surface area contributed by atoms with Gasteiger partial charge in [0.2, 0.25) is 0 Å². The monoisotopic (exact) mass is 260 g/mol. The predicted octanol–water partition coefficient (Wildman–Crippen LogP) is 0.478. The van der Waals surface area contributed by atoms with E-state index in [0.717, 1.165) is 0 Å². The van der Waals surface area contributed by atoms with Gasteiger partial charge in [-0.25, -0.2) is 0 Å². The van der Waals surface area contributed by atoms with Gasteiger partial charge in [0.25, 0.3) is 0 Å². The topological polar surface area (TPSA) is 92.5 Å². The highest BCUT2D eigenvalue weighted by atomic mass is 35.5. The lowest BCUT2D eigenvalue weighted by Gasteiger charge is -2.15. The van der Waals surface area contributed by atoms with Crippen molar-refractivity contribution in [1.29, 1.82) is 0 Å². The van der Waals surface area contributed by atoms with E-state index in [2.05, 4.69) is 14.9 Å². The normalized spacial score (nSPS) is 14.1. The van der Waals surface area contributed by atoms with Gasteiger partial charge in [-0.15, -0.1) is 5.10 Å². The average molecular weight is 261 g/mol.